The molecule has 2 N–H and O–H groups in total. The van der Waals surface area contributed by atoms with Crippen molar-refractivity contribution < 1.29 is 4.79 Å². The van der Waals surface area contributed by atoms with Crippen molar-refractivity contribution >= 4 is 29.0 Å². The van der Waals surface area contributed by atoms with Crippen molar-refractivity contribution in [3.8, 4) is 0 Å². The lowest BCUT2D eigenvalue weighted by Crippen LogP contribution is -2.48. The molecule has 1 heterocycles. The highest BCUT2D eigenvalue weighted by molar-refractivity contribution is 8.01. The molecule has 102 valence electrons. The van der Waals surface area contributed by atoms with E-state index in [4.69, 9.17) is 5.73 Å². The molecule has 0 aromatic heterocycles. The second kappa shape index (κ2) is 5.29. The third kappa shape index (κ3) is 2.50. The number of amides is 1. The van der Waals surface area contributed by atoms with Crippen molar-refractivity contribution in [1.82, 2.24) is 0 Å². The first kappa shape index (κ1) is 14.0. The molecule has 0 saturated carbocycles. The summed E-state index contributed by atoms with van der Waals surface area (Å²) in [4.78, 5) is 15.6. The zero-order valence-corrected chi connectivity index (χ0v) is 12.3. The number of carbonyl (C=O) groups is 1. The maximum Gasteiger partial charge on any atom is 0.243 e. The van der Waals surface area contributed by atoms with Gasteiger partial charge in [0, 0.05) is 17.1 Å². The van der Waals surface area contributed by atoms with Crippen LogP contribution >= 0.6 is 11.8 Å². The fourth-order valence-electron chi connectivity index (χ4n) is 2.18. The molecular formula is C15H20N2OS. The normalized spacial score (nSPS) is 22.2. The Kier molecular flexibility index (Phi) is 3.90. The lowest BCUT2D eigenvalue weighted by atomic mass is 10.0. The molecule has 0 spiro atoms. The number of carbonyl (C=O) groups excluding carboxylic acids is 1. The number of hydrogen-bond donors (Lipinski definition) is 1. The summed E-state index contributed by atoms with van der Waals surface area (Å²) in [6.45, 7) is 8.47. The molecule has 1 aliphatic rings. The number of rotatable bonds is 4. The highest BCUT2D eigenvalue weighted by atomic mass is 32.2. The number of hydrogen-bond acceptors (Lipinski definition) is 3. The Morgan fingerprint density at radius 2 is 2.26 bits per heavy atom. The van der Waals surface area contributed by atoms with Crippen molar-refractivity contribution in [1.29, 1.82) is 0 Å². The summed E-state index contributed by atoms with van der Waals surface area (Å²) in [5.74, 6) is 0.180. The Balaban J connectivity index is 2.46. The summed E-state index contributed by atoms with van der Waals surface area (Å²) in [6.07, 6.45) is 3.44. The Bertz CT molecular complexity index is 515. The number of nitrogens with zero attached hydrogens (tertiary/aromatic N) is 1. The molecule has 1 aromatic carbocycles. The summed E-state index contributed by atoms with van der Waals surface area (Å²) in [7, 11) is 0. The van der Waals surface area contributed by atoms with E-state index in [0.29, 0.717) is 6.54 Å². The maximum absolute atomic E-state index is 12.7. The van der Waals surface area contributed by atoms with Gasteiger partial charge in [0.1, 0.15) is 0 Å². The number of benzene rings is 1. The Hall–Kier alpha value is -1.42. The molecule has 4 heteroatoms. The fraction of sp³-hybridized carbons (Fsp3) is 0.400. The standard InChI is InChI=1S/C15H20N2OS/c1-4-6-9-17-12-8-7-11(16)10-13(12)19-15(3,5-2)14(17)18/h4,7-8,10H,1,5-6,9,16H2,2-3H3. The lowest BCUT2D eigenvalue weighted by Gasteiger charge is -2.39. The second-order valence-electron chi connectivity index (χ2n) is 4.95. The van der Waals surface area contributed by atoms with Gasteiger partial charge in [-0.1, -0.05) is 13.0 Å². The van der Waals surface area contributed by atoms with Gasteiger partial charge in [0.05, 0.1) is 10.4 Å². The van der Waals surface area contributed by atoms with Gasteiger partial charge in [-0.25, -0.2) is 0 Å². The van der Waals surface area contributed by atoms with Crippen LogP contribution in [-0.2, 0) is 4.79 Å². The quantitative estimate of drug-likeness (QED) is 0.676. The monoisotopic (exact) mass is 276 g/mol. The summed E-state index contributed by atoms with van der Waals surface area (Å²) >= 11 is 1.62. The molecule has 19 heavy (non-hydrogen) atoms. The molecule has 1 unspecified atom stereocenters. The van der Waals surface area contributed by atoms with E-state index in [1.807, 2.05) is 43.0 Å². The van der Waals surface area contributed by atoms with Crippen LogP contribution in [0.15, 0.2) is 35.7 Å². The third-order valence-electron chi connectivity index (χ3n) is 3.54. The van der Waals surface area contributed by atoms with Crippen LogP contribution in [-0.4, -0.2) is 17.2 Å². The topological polar surface area (TPSA) is 46.3 Å². The van der Waals surface area contributed by atoms with Crippen molar-refractivity contribution in [2.75, 3.05) is 17.2 Å². The minimum atomic E-state index is -0.401. The molecular weight excluding hydrogens is 256 g/mol. The second-order valence-corrected chi connectivity index (χ2v) is 6.49. The maximum atomic E-state index is 12.7. The number of anilines is 2. The van der Waals surface area contributed by atoms with Crippen LogP contribution in [0.5, 0.6) is 0 Å². The highest BCUT2D eigenvalue weighted by Gasteiger charge is 2.41. The molecule has 0 radical (unpaired) electrons. The van der Waals surface area contributed by atoms with Crippen LogP contribution in [0.1, 0.15) is 26.7 Å². The van der Waals surface area contributed by atoms with E-state index in [0.717, 1.165) is 29.1 Å². The molecule has 0 saturated heterocycles. The highest BCUT2D eigenvalue weighted by Crippen LogP contribution is 2.47. The summed E-state index contributed by atoms with van der Waals surface area (Å²) in [5, 5.41) is 0. The first-order valence-corrected chi connectivity index (χ1v) is 7.35. The zero-order valence-electron chi connectivity index (χ0n) is 11.5. The van der Waals surface area contributed by atoms with Gasteiger partial charge in [-0.3, -0.25) is 4.79 Å². The van der Waals surface area contributed by atoms with E-state index in [1.54, 1.807) is 11.8 Å². The lowest BCUT2D eigenvalue weighted by molar-refractivity contribution is -0.120. The van der Waals surface area contributed by atoms with Crippen LogP contribution in [0.3, 0.4) is 0 Å². The average Bonchev–Trinajstić information content (AvgIpc) is 2.39. The summed E-state index contributed by atoms with van der Waals surface area (Å²) in [5.41, 5.74) is 7.57. The van der Waals surface area contributed by atoms with Gasteiger partial charge in [-0.2, -0.15) is 0 Å². The largest absolute Gasteiger partial charge is 0.399 e. The first-order chi connectivity index (χ1) is 9.01. The molecule has 1 atom stereocenters. The van der Waals surface area contributed by atoms with Crippen molar-refractivity contribution in [2.24, 2.45) is 0 Å². The molecule has 1 aliphatic heterocycles. The number of thioether (sulfide) groups is 1. The van der Waals surface area contributed by atoms with Gasteiger partial charge in [-0.05, 0) is 38.0 Å². The van der Waals surface area contributed by atoms with E-state index in [9.17, 15) is 4.79 Å². The molecule has 0 fully saturated rings. The van der Waals surface area contributed by atoms with Crippen molar-refractivity contribution in [3.05, 3.63) is 30.9 Å². The van der Waals surface area contributed by atoms with Crippen molar-refractivity contribution in [2.45, 2.75) is 36.3 Å². The van der Waals surface area contributed by atoms with Crippen LogP contribution in [0.25, 0.3) is 0 Å². The Morgan fingerprint density at radius 3 is 2.89 bits per heavy atom. The number of nitrogens with two attached hydrogens (primary N) is 1. The van der Waals surface area contributed by atoms with E-state index in [-0.39, 0.29) is 5.91 Å². The van der Waals surface area contributed by atoms with Gasteiger partial charge < -0.3 is 10.6 Å². The molecule has 0 aliphatic carbocycles. The van der Waals surface area contributed by atoms with Gasteiger partial charge in [-0.15, -0.1) is 18.3 Å². The van der Waals surface area contributed by atoms with E-state index in [2.05, 4.69) is 6.58 Å². The van der Waals surface area contributed by atoms with Gasteiger partial charge in [0.2, 0.25) is 5.91 Å². The average molecular weight is 276 g/mol. The minimum Gasteiger partial charge on any atom is -0.399 e. The molecule has 1 amide bonds. The van der Waals surface area contributed by atoms with Crippen LogP contribution in [0.4, 0.5) is 11.4 Å². The minimum absolute atomic E-state index is 0.180. The first-order valence-electron chi connectivity index (χ1n) is 6.53. The van der Waals surface area contributed by atoms with Crippen LogP contribution < -0.4 is 10.6 Å². The van der Waals surface area contributed by atoms with Gasteiger partial charge >= 0.3 is 0 Å². The smallest absolute Gasteiger partial charge is 0.243 e. The van der Waals surface area contributed by atoms with Crippen molar-refractivity contribution in [3.63, 3.8) is 0 Å². The van der Waals surface area contributed by atoms with Gasteiger partial charge in [0.15, 0.2) is 0 Å². The van der Waals surface area contributed by atoms with E-state index in [1.165, 1.54) is 0 Å². The summed E-state index contributed by atoms with van der Waals surface area (Å²) < 4.78 is -0.401. The molecule has 0 bridgehead atoms. The third-order valence-corrected chi connectivity index (χ3v) is 5.00. The fourth-order valence-corrected chi connectivity index (χ4v) is 3.49. The molecule has 2 rings (SSSR count). The van der Waals surface area contributed by atoms with E-state index >= 15 is 0 Å². The molecule has 1 aromatic rings. The van der Waals surface area contributed by atoms with E-state index < -0.39 is 4.75 Å². The number of nitrogen functional groups attached to an aromatic ring is 1. The Labute approximate surface area is 118 Å². The molecule has 3 nitrogen and oxygen atoms in total. The predicted molar refractivity (Wildman–Crippen MR) is 82.6 cm³/mol. The summed E-state index contributed by atoms with van der Waals surface area (Å²) in [6, 6.07) is 5.75. The Morgan fingerprint density at radius 1 is 1.53 bits per heavy atom. The SMILES string of the molecule is C=CCCN1C(=O)C(C)(CC)Sc2cc(N)ccc21. The zero-order chi connectivity index (χ0) is 14.0. The number of fused-ring (bicyclic) bond motifs is 1. The van der Waals surface area contributed by atoms with Crippen LogP contribution in [0, 0.1) is 0 Å². The predicted octanol–water partition coefficient (Wildman–Crippen LogP) is 3.45. The van der Waals surface area contributed by atoms with Crippen LogP contribution in [0.2, 0.25) is 0 Å². The van der Waals surface area contributed by atoms with Gasteiger partial charge in [0.25, 0.3) is 0 Å².